The van der Waals surface area contributed by atoms with Crippen molar-refractivity contribution in [2.75, 3.05) is 31.1 Å². The first-order chi connectivity index (χ1) is 15.6. The van der Waals surface area contributed by atoms with Crippen LogP contribution in [0.2, 0.25) is 0 Å². The first-order valence-corrected chi connectivity index (χ1v) is 10.4. The number of carbonyl (C=O) groups excluding carboxylic acids is 2. The largest absolute Gasteiger partial charge is 0.417 e. The van der Waals surface area contributed by atoms with Gasteiger partial charge in [0, 0.05) is 43.5 Å². The highest BCUT2D eigenvalue weighted by atomic mass is 19.4. The fourth-order valence-electron chi connectivity index (χ4n) is 4.87. The molecule has 1 unspecified atom stereocenters. The lowest BCUT2D eigenvalue weighted by molar-refractivity contribution is -0.137. The number of rotatable bonds is 3. The summed E-state index contributed by atoms with van der Waals surface area (Å²) in [6, 6.07) is 6.74. The summed E-state index contributed by atoms with van der Waals surface area (Å²) >= 11 is 0. The molecule has 2 aliphatic rings. The summed E-state index contributed by atoms with van der Waals surface area (Å²) in [6.07, 6.45) is -0.938. The molecule has 2 aromatic rings. The fourth-order valence-corrected chi connectivity index (χ4v) is 4.87. The Labute approximate surface area is 187 Å². The van der Waals surface area contributed by atoms with Crippen molar-refractivity contribution in [3.63, 3.8) is 0 Å². The summed E-state index contributed by atoms with van der Waals surface area (Å²) in [5.41, 5.74) is 4.31. The molecule has 2 fully saturated rings. The van der Waals surface area contributed by atoms with Gasteiger partial charge in [0.2, 0.25) is 5.91 Å². The van der Waals surface area contributed by atoms with E-state index in [2.05, 4.69) is 9.97 Å². The molecule has 3 heterocycles. The van der Waals surface area contributed by atoms with E-state index in [9.17, 15) is 22.8 Å². The minimum atomic E-state index is -4.64. The van der Waals surface area contributed by atoms with E-state index in [0.717, 1.165) is 6.07 Å². The van der Waals surface area contributed by atoms with Crippen molar-refractivity contribution in [1.29, 1.82) is 5.26 Å². The van der Waals surface area contributed by atoms with Gasteiger partial charge in [0.05, 0.1) is 23.1 Å². The summed E-state index contributed by atoms with van der Waals surface area (Å²) in [7, 11) is 0. The number of piperidine rings is 1. The summed E-state index contributed by atoms with van der Waals surface area (Å²) in [6.45, 7) is 1.27. The van der Waals surface area contributed by atoms with E-state index in [1.807, 2.05) is 0 Å². The molecule has 0 saturated carbocycles. The van der Waals surface area contributed by atoms with Crippen LogP contribution in [0.25, 0.3) is 0 Å². The minimum Gasteiger partial charge on any atom is -0.371 e. The normalized spacial score (nSPS) is 20.0. The Kier molecular flexibility index (Phi) is 5.69. The molecule has 2 aliphatic heterocycles. The van der Waals surface area contributed by atoms with Gasteiger partial charge in [-0.25, -0.2) is 9.97 Å². The lowest BCUT2D eigenvalue weighted by Crippen LogP contribution is -2.47. The van der Waals surface area contributed by atoms with Crippen LogP contribution >= 0.6 is 0 Å². The van der Waals surface area contributed by atoms with Crippen molar-refractivity contribution in [2.45, 2.75) is 19.0 Å². The number of nitriles is 1. The van der Waals surface area contributed by atoms with E-state index in [0.29, 0.717) is 38.2 Å². The van der Waals surface area contributed by atoms with Gasteiger partial charge >= 0.3 is 6.18 Å². The van der Waals surface area contributed by atoms with Crippen LogP contribution in [0.15, 0.2) is 36.8 Å². The van der Waals surface area contributed by atoms with Crippen LogP contribution in [0.4, 0.5) is 18.9 Å². The summed E-state index contributed by atoms with van der Waals surface area (Å²) in [5, 5.41) is 9.01. The second-order valence-corrected chi connectivity index (χ2v) is 8.42. The average molecular weight is 458 g/mol. The Bertz CT molecular complexity index is 1110. The van der Waals surface area contributed by atoms with Crippen LogP contribution in [-0.2, 0) is 11.0 Å². The Morgan fingerprint density at radius 1 is 1.21 bits per heavy atom. The van der Waals surface area contributed by atoms with E-state index in [-0.39, 0.29) is 18.1 Å². The molecule has 1 aromatic carbocycles. The number of amides is 2. The molecule has 2 saturated heterocycles. The van der Waals surface area contributed by atoms with Crippen molar-refractivity contribution in [2.24, 2.45) is 17.1 Å². The molecule has 0 radical (unpaired) electrons. The van der Waals surface area contributed by atoms with E-state index < -0.39 is 34.5 Å². The lowest BCUT2D eigenvalue weighted by atomic mass is 9.70. The van der Waals surface area contributed by atoms with Gasteiger partial charge in [0.25, 0.3) is 5.91 Å². The molecule has 8 nitrogen and oxygen atoms in total. The van der Waals surface area contributed by atoms with E-state index in [1.165, 1.54) is 30.7 Å². The molecule has 33 heavy (non-hydrogen) atoms. The molecule has 172 valence electrons. The minimum absolute atomic E-state index is 0.174. The second-order valence-electron chi connectivity index (χ2n) is 8.42. The maximum absolute atomic E-state index is 13.4. The number of aromatic nitrogens is 2. The first kappa shape index (κ1) is 22.5. The quantitative estimate of drug-likeness (QED) is 0.754. The average Bonchev–Trinajstić information content (AvgIpc) is 3.18. The zero-order valence-corrected chi connectivity index (χ0v) is 17.5. The third-order valence-electron chi connectivity index (χ3n) is 6.63. The molecule has 2 amide bonds. The van der Waals surface area contributed by atoms with Crippen molar-refractivity contribution < 1.29 is 22.8 Å². The van der Waals surface area contributed by atoms with Gasteiger partial charge in [0.15, 0.2) is 0 Å². The summed E-state index contributed by atoms with van der Waals surface area (Å²) in [5.74, 6) is -1.37. The lowest BCUT2D eigenvalue weighted by Gasteiger charge is -2.42. The third-order valence-corrected chi connectivity index (χ3v) is 6.63. The van der Waals surface area contributed by atoms with Gasteiger partial charge in [-0.2, -0.15) is 18.4 Å². The van der Waals surface area contributed by atoms with Crippen LogP contribution in [0.5, 0.6) is 0 Å². The van der Waals surface area contributed by atoms with Crippen molar-refractivity contribution in [3.8, 4) is 6.07 Å². The van der Waals surface area contributed by atoms with Crippen LogP contribution in [-0.4, -0.2) is 52.9 Å². The third kappa shape index (κ3) is 4.20. The van der Waals surface area contributed by atoms with Crippen LogP contribution in [0, 0.1) is 22.7 Å². The van der Waals surface area contributed by atoms with Gasteiger partial charge in [-0.1, -0.05) is 0 Å². The van der Waals surface area contributed by atoms with E-state index >= 15 is 0 Å². The highest BCUT2D eigenvalue weighted by Crippen LogP contribution is 2.46. The fraction of sp³-hybridized carbons (Fsp3) is 0.409. The topological polar surface area (TPSA) is 116 Å². The number of halogens is 3. The number of hydrogen-bond acceptors (Lipinski definition) is 6. The van der Waals surface area contributed by atoms with Crippen LogP contribution in [0.1, 0.15) is 34.5 Å². The molecular weight excluding hydrogens is 437 g/mol. The van der Waals surface area contributed by atoms with Gasteiger partial charge in [0.1, 0.15) is 12.0 Å². The predicted octanol–water partition coefficient (Wildman–Crippen LogP) is 2.21. The van der Waals surface area contributed by atoms with Gasteiger partial charge in [-0.15, -0.1) is 0 Å². The number of anilines is 1. The molecule has 0 aliphatic carbocycles. The molecule has 1 aromatic heterocycles. The van der Waals surface area contributed by atoms with Gasteiger partial charge < -0.3 is 15.5 Å². The number of nitrogens with zero attached hydrogens (tertiary/aromatic N) is 5. The first-order valence-electron chi connectivity index (χ1n) is 10.4. The number of primary amides is 1. The molecule has 11 heteroatoms. The molecule has 1 atom stereocenters. The Balaban J connectivity index is 1.53. The smallest absolute Gasteiger partial charge is 0.371 e. The van der Waals surface area contributed by atoms with Crippen molar-refractivity contribution in [3.05, 3.63) is 53.6 Å². The SMILES string of the molecule is N#Cc1ccc(N2CCC3(CC2)CN(C(=O)c2ccncn2)CC3C(N)=O)cc1C(F)(F)F. The maximum Gasteiger partial charge on any atom is 0.417 e. The highest BCUT2D eigenvalue weighted by molar-refractivity contribution is 5.93. The zero-order valence-electron chi connectivity index (χ0n) is 17.5. The van der Waals surface area contributed by atoms with Crippen LogP contribution < -0.4 is 10.6 Å². The van der Waals surface area contributed by atoms with Gasteiger partial charge in [-0.05, 0) is 37.1 Å². The van der Waals surface area contributed by atoms with E-state index in [4.69, 9.17) is 11.0 Å². The monoisotopic (exact) mass is 458 g/mol. The molecule has 4 rings (SSSR count). The number of nitrogens with two attached hydrogens (primary N) is 1. The Morgan fingerprint density at radius 3 is 2.52 bits per heavy atom. The predicted molar refractivity (Wildman–Crippen MR) is 111 cm³/mol. The van der Waals surface area contributed by atoms with Crippen molar-refractivity contribution >= 4 is 17.5 Å². The number of carbonyl (C=O) groups is 2. The number of hydrogen-bond donors (Lipinski definition) is 1. The highest BCUT2D eigenvalue weighted by Gasteiger charge is 2.52. The molecule has 2 N–H and O–H groups in total. The standard InChI is InChI=1S/C22H21F3N6O2/c23-22(24,25)16-9-15(2-1-14(16)10-26)30-7-4-21(5-8-30)12-31(11-17(21)19(27)32)20(33)18-3-6-28-13-29-18/h1-3,6,9,13,17H,4-5,7-8,11-12H2,(H2,27,32). The number of alkyl halides is 3. The molecule has 0 bridgehead atoms. The van der Waals surface area contributed by atoms with Crippen molar-refractivity contribution in [1.82, 2.24) is 14.9 Å². The summed E-state index contributed by atoms with van der Waals surface area (Å²) in [4.78, 5) is 36.3. The van der Waals surface area contributed by atoms with Crippen LogP contribution in [0.3, 0.4) is 0 Å². The maximum atomic E-state index is 13.4. The number of benzene rings is 1. The Hall–Kier alpha value is -3.68. The second kappa shape index (κ2) is 8.35. The van der Waals surface area contributed by atoms with E-state index in [1.54, 1.807) is 15.9 Å². The van der Waals surface area contributed by atoms with Gasteiger partial charge in [-0.3, -0.25) is 9.59 Å². The molecule has 1 spiro atoms. The zero-order chi connectivity index (χ0) is 23.8. The Morgan fingerprint density at radius 2 is 1.94 bits per heavy atom. The number of likely N-dealkylation sites (tertiary alicyclic amines) is 1. The summed E-state index contributed by atoms with van der Waals surface area (Å²) < 4.78 is 40.1. The molecular formula is C22H21F3N6O2.